The zero-order valence-electron chi connectivity index (χ0n) is 10.7. The topological polar surface area (TPSA) is 27.7 Å². The van der Waals surface area contributed by atoms with Crippen LogP contribution in [0.4, 0.5) is 0 Å². The summed E-state index contributed by atoms with van der Waals surface area (Å²) in [5, 5.41) is 0. The molecule has 92 valence electrons. The van der Waals surface area contributed by atoms with E-state index in [0.29, 0.717) is 17.2 Å². The Morgan fingerprint density at radius 1 is 0.882 bits per heavy atom. The maximum absolute atomic E-state index is 5.27. The maximum atomic E-state index is 5.27. The third-order valence-corrected chi connectivity index (χ3v) is 2.28. The Kier molecular flexibility index (Phi) is 5.14. The van der Waals surface area contributed by atoms with Gasteiger partial charge in [0.15, 0.2) is 11.5 Å². The lowest BCUT2D eigenvalue weighted by Gasteiger charge is -2.12. The van der Waals surface area contributed by atoms with Gasteiger partial charge in [-0.25, -0.2) is 0 Å². The smallest absolute Gasteiger partial charge is 0.203 e. The van der Waals surface area contributed by atoms with Crippen LogP contribution in [0.3, 0.4) is 0 Å². The van der Waals surface area contributed by atoms with Crippen molar-refractivity contribution >= 4 is 6.08 Å². The van der Waals surface area contributed by atoms with Crippen molar-refractivity contribution in [3.63, 3.8) is 0 Å². The van der Waals surface area contributed by atoms with Crippen molar-refractivity contribution in [3.8, 4) is 17.2 Å². The highest BCUT2D eigenvalue weighted by atomic mass is 16.5. The first-order chi connectivity index (χ1) is 8.26. The van der Waals surface area contributed by atoms with Gasteiger partial charge in [0.2, 0.25) is 5.75 Å². The molecule has 0 radical (unpaired) electrons. The second kappa shape index (κ2) is 6.63. The number of methoxy groups -OCH3 is 3. The lowest BCUT2D eigenvalue weighted by Crippen LogP contribution is -1.95. The average molecular weight is 234 g/mol. The molecule has 0 unspecified atom stereocenters. The lowest BCUT2D eigenvalue weighted by atomic mass is 10.1. The van der Waals surface area contributed by atoms with Crippen LogP contribution in [0, 0.1) is 0 Å². The molecule has 1 rings (SSSR count). The summed E-state index contributed by atoms with van der Waals surface area (Å²) in [6.45, 7) is 1.97. The molecule has 0 atom stereocenters. The van der Waals surface area contributed by atoms with Gasteiger partial charge >= 0.3 is 0 Å². The first-order valence-corrected chi connectivity index (χ1v) is 5.36. The quantitative estimate of drug-likeness (QED) is 0.731. The Labute approximate surface area is 102 Å². The number of hydrogen-bond acceptors (Lipinski definition) is 3. The Morgan fingerprint density at radius 2 is 1.47 bits per heavy atom. The molecule has 1 aromatic rings. The van der Waals surface area contributed by atoms with E-state index in [4.69, 9.17) is 14.2 Å². The van der Waals surface area contributed by atoms with Crippen molar-refractivity contribution in [2.75, 3.05) is 21.3 Å². The fourth-order valence-corrected chi connectivity index (χ4v) is 1.48. The fraction of sp³-hybridized carbons (Fsp3) is 0.286. The van der Waals surface area contributed by atoms with Gasteiger partial charge in [0.05, 0.1) is 21.3 Å². The maximum Gasteiger partial charge on any atom is 0.203 e. The molecule has 0 aromatic heterocycles. The monoisotopic (exact) mass is 234 g/mol. The fourth-order valence-electron chi connectivity index (χ4n) is 1.48. The van der Waals surface area contributed by atoms with E-state index < -0.39 is 0 Å². The molecule has 0 saturated heterocycles. The molecular formula is C14H18O3. The summed E-state index contributed by atoms with van der Waals surface area (Å²) in [5.74, 6) is 1.93. The zero-order chi connectivity index (χ0) is 12.7. The Hall–Kier alpha value is -1.90. The number of benzene rings is 1. The largest absolute Gasteiger partial charge is 0.493 e. The van der Waals surface area contributed by atoms with E-state index in [1.807, 2.05) is 43.4 Å². The SMILES string of the molecule is C/C=C/C=C/c1cc(OC)c(OC)c(OC)c1. The Bertz CT molecular complexity index is 394. The highest BCUT2D eigenvalue weighted by Crippen LogP contribution is 2.38. The van der Waals surface area contributed by atoms with Gasteiger partial charge in [-0.05, 0) is 24.6 Å². The molecule has 0 saturated carbocycles. The average Bonchev–Trinajstić information content (AvgIpc) is 2.37. The summed E-state index contributed by atoms with van der Waals surface area (Å²) >= 11 is 0. The molecule has 0 N–H and O–H groups in total. The molecule has 1 aromatic carbocycles. The second-order valence-electron chi connectivity index (χ2n) is 3.34. The third kappa shape index (κ3) is 3.28. The molecule has 0 spiro atoms. The summed E-state index contributed by atoms with van der Waals surface area (Å²) < 4.78 is 15.8. The number of ether oxygens (including phenoxy) is 3. The lowest BCUT2D eigenvalue weighted by molar-refractivity contribution is 0.324. The molecule has 3 heteroatoms. The van der Waals surface area contributed by atoms with Crippen LogP contribution in [-0.4, -0.2) is 21.3 Å². The summed E-state index contributed by atoms with van der Waals surface area (Å²) in [4.78, 5) is 0. The summed E-state index contributed by atoms with van der Waals surface area (Å²) in [5.41, 5.74) is 0.998. The van der Waals surface area contributed by atoms with E-state index >= 15 is 0 Å². The van der Waals surface area contributed by atoms with Gasteiger partial charge in [-0.2, -0.15) is 0 Å². The van der Waals surface area contributed by atoms with Crippen molar-refractivity contribution in [2.45, 2.75) is 6.92 Å². The van der Waals surface area contributed by atoms with Gasteiger partial charge in [-0.15, -0.1) is 0 Å². The van der Waals surface area contributed by atoms with E-state index in [1.165, 1.54) is 0 Å². The van der Waals surface area contributed by atoms with Crippen LogP contribution in [0.1, 0.15) is 12.5 Å². The van der Waals surface area contributed by atoms with Crippen LogP contribution in [0.25, 0.3) is 6.08 Å². The van der Waals surface area contributed by atoms with Crippen LogP contribution in [0.2, 0.25) is 0 Å². The van der Waals surface area contributed by atoms with Crippen molar-refractivity contribution in [3.05, 3.63) is 35.9 Å². The summed E-state index contributed by atoms with van der Waals surface area (Å²) in [6.07, 6.45) is 7.86. The van der Waals surface area contributed by atoms with Crippen LogP contribution < -0.4 is 14.2 Å². The van der Waals surface area contributed by atoms with Gasteiger partial charge in [0.1, 0.15) is 0 Å². The minimum absolute atomic E-state index is 0.609. The van der Waals surface area contributed by atoms with Crippen LogP contribution >= 0.6 is 0 Å². The molecule has 0 aliphatic heterocycles. The Morgan fingerprint density at radius 3 is 1.88 bits per heavy atom. The summed E-state index contributed by atoms with van der Waals surface area (Å²) in [7, 11) is 4.81. The van der Waals surface area contributed by atoms with Crippen LogP contribution in [-0.2, 0) is 0 Å². The van der Waals surface area contributed by atoms with Gasteiger partial charge in [-0.3, -0.25) is 0 Å². The molecule has 17 heavy (non-hydrogen) atoms. The van der Waals surface area contributed by atoms with Gasteiger partial charge in [0.25, 0.3) is 0 Å². The highest BCUT2D eigenvalue weighted by Gasteiger charge is 2.11. The molecule has 0 aliphatic carbocycles. The van der Waals surface area contributed by atoms with E-state index in [-0.39, 0.29) is 0 Å². The van der Waals surface area contributed by atoms with Crippen molar-refractivity contribution in [1.29, 1.82) is 0 Å². The van der Waals surface area contributed by atoms with Crippen molar-refractivity contribution in [1.82, 2.24) is 0 Å². The predicted molar refractivity (Wildman–Crippen MR) is 69.9 cm³/mol. The van der Waals surface area contributed by atoms with E-state index in [0.717, 1.165) is 5.56 Å². The normalized spacial score (nSPS) is 11.1. The molecular weight excluding hydrogens is 216 g/mol. The second-order valence-corrected chi connectivity index (χ2v) is 3.34. The molecule has 0 heterocycles. The van der Waals surface area contributed by atoms with Gasteiger partial charge < -0.3 is 14.2 Å². The molecule has 0 fully saturated rings. The predicted octanol–water partition coefficient (Wildman–Crippen LogP) is 3.30. The van der Waals surface area contributed by atoms with E-state index in [2.05, 4.69) is 0 Å². The van der Waals surface area contributed by atoms with E-state index in [1.54, 1.807) is 21.3 Å². The molecule has 0 amide bonds. The molecule has 0 aliphatic rings. The zero-order valence-corrected chi connectivity index (χ0v) is 10.7. The minimum Gasteiger partial charge on any atom is -0.493 e. The third-order valence-electron chi connectivity index (χ3n) is 2.28. The Balaban J connectivity index is 3.17. The molecule has 3 nitrogen and oxygen atoms in total. The number of hydrogen-bond donors (Lipinski definition) is 0. The van der Waals surface area contributed by atoms with Crippen molar-refractivity contribution < 1.29 is 14.2 Å². The summed E-state index contributed by atoms with van der Waals surface area (Å²) in [6, 6.07) is 3.81. The van der Waals surface area contributed by atoms with Crippen LogP contribution in [0.15, 0.2) is 30.4 Å². The number of allylic oxidation sites excluding steroid dienone is 3. The first-order valence-electron chi connectivity index (χ1n) is 5.36. The van der Waals surface area contributed by atoms with E-state index in [9.17, 15) is 0 Å². The van der Waals surface area contributed by atoms with Gasteiger partial charge in [-0.1, -0.05) is 24.3 Å². The number of rotatable bonds is 5. The standard InChI is InChI=1S/C14H18O3/c1-5-6-7-8-11-9-12(15-2)14(17-4)13(10-11)16-3/h5-10H,1-4H3/b6-5+,8-7+. The van der Waals surface area contributed by atoms with Crippen LogP contribution in [0.5, 0.6) is 17.2 Å². The highest BCUT2D eigenvalue weighted by molar-refractivity contribution is 5.62. The van der Waals surface area contributed by atoms with Gasteiger partial charge in [0, 0.05) is 0 Å². The van der Waals surface area contributed by atoms with Crippen molar-refractivity contribution in [2.24, 2.45) is 0 Å². The first kappa shape index (κ1) is 13.2. The minimum atomic E-state index is 0.609. The molecule has 0 bridgehead atoms.